The van der Waals surface area contributed by atoms with Gasteiger partial charge in [0.05, 0.1) is 25.1 Å². The molecule has 0 heterocycles. The van der Waals surface area contributed by atoms with Crippen molar-refractivity contribution in [3.8, 4) is 11.5 Å². The van der Waals surface area contributed by atoms with E-state index >= 15 is 0 Å². The number of halogens is 1. The molecule has 0 amide bonds. The van der Waals surface area contributed by atoms with E-state index in [2.05, 4.69) is 26.2 Å². The van der Waals surface area contributed by atoms with E-state index in [1.807, 2.05) is 48.5 Å². The van der Waals surface area contributed by atoms with E-state index in [1.54, 1.807) is 7.11 Å². The van der Waals surface area contributed by atoms with Crippen LogP contribution in [-0.4, -0.2) is 19.0 Å². The smallest absolute Gasteiger partial charge is 0.119 e. The second-order valence-corrected chi connectivity index (χ2v) is 5.08. The minimum atomic E-state index is 0.706. The van der Waals surface area contributed by atoms with Crippen molar-refractivity contribution < 1.29 is 9.47 Å². The maximum Gasteiger partial charge on any atom is 0.119 e. The number of azo groups is 1. The molecule has 0 aromatic heterocycles. The quantitative estimate of drug-likeness (QED) is 0.388. The lowest BCUT2D eigenvalue weighted by atomic mass is 10.3. The molecule has 0 saturated carbocycles. The Morgan fingerprint density at radius 1 is 0.857 bits per heavy atom. The maximum absolute atomic E-state index is 5.57. The zero-order valence-electron chi connectivity index (χ0n) is 11.8. The molecule has 0 aliphatic heterocycles. The number of benzene rings is 2. The molecule has 0 unspecified atom stereocenters. The molecule has 4 nitrogen and oxygen atoms in total. The van der Waals surface area contributed by atoms with E-state index in [-0.39, 0.29) is 0 Å². The minimum absolute atomic E-state index is 0.706. The van der Waals surface area contributed by atoms with Crippen molar-refractivity contribution in [3.05, 3.63) is 48.5 Å². The Morgan fingerprint density at radius 3 is 1.86 bits per heavy atom. The van der Waals surface area contributed by atoms with Gasteiger partial charge in [0.2, 0.25) is 0 Å². The predicted molar refractivity (Wildman–Crippen MR) is 87.5 cm³/mol. The Hall–Kier alpha value is -1.88. The summed E-state index contributed by atoms with van der Waals surface area (Å²) in [7, 11) is 1.64. The molecule has 5 heteroatoms. The van der Waals surface area contributed by atoms with Crippen LogP contribution in [0, 0.1) is 0 Å². The molecular formula is C16H17BrN2O2. The normalized spacial score (nSPS) is 10.8. The third-order valence-electron chi connectivity index (χ3n) is 2.74. The summed E-state index contributed by atoms with van der Waals surface area (Å²) in [5.74, 6) is 1.65. The standard InChI is InChI=1S/C16H17BrN2O2/c1-20-15-7-3-13(4-8-15)18-19-14-5-9-16(10-6-14)21-12-2-11-17/h3-10H,2,11-12H2,1H3. The average Bonchev–Trinajstić information content (AvgIpc) is 2.55. The van der Waals surface area contributed by atoms with E-state index in [9.17, 15) is 0 Å². The van der Waals surface area contributed by atoms with E-state index in [0.29, 0.717) is 6.61 Å². The number of hydrogen-bond donors (Lipinski definition) is 0. The Morgan fingerprint density at radius 2 is 1.38 bits per heavy atom. The van der Waals surface area contributed by atoms with Crippen LogP contribution in [0.1, 0.15) is 6.42 Å². The van der Waals surface area contributed by atoms with Gasteiger partial charge in [0.25, 0.3) is 0 Å². The van der Waals surface area contributed by atoms with Gasteiger partial charge in [-0.15, -0.1) is 0 Å². The summed E-state index contributed by atoms with van der Waals surface area (Å²) in [6, 6.07) is 15.0. The summed E-state index contributed by atoms with van der Waals surface area (Å²) in [5.41, 5.74) is 1.58. The van der Waals surface area contributed by atoms with Crippen LogP contribution in [-0.2, 0) is 0 Å². The van der Waals surface area contributed by atoms with Gasteiger partial charge in [0.15, 0.2) is 0 Å². The molecule has 0 saturated heterocycles. The van der Waals surface area contributed by atoms with Gasteiger partial charge in [-0.2, -0.15) is 10.2 Å². The molecule has 0 fully saturated rings. The Kier molecular flexibility index (Phi) is 6.22. The number of nitrogens with zero attached hydrogens (tertiary/aromatic N) is 2. The topological polar surface area (TPSA) is 43.2 Å². The van der Waals surface area contributed by atoms with Crippen LogP contribution in [0.5, 0.6) is 11.5 Å². The van der Waals surface area contributed by atoms with E-state index in [0.717, 1.165) is 34.6 Å². The first-order valence-corrected chi connectivity index (χ1v) is 7.78. The molecule has 0 radical (unpaired) electrons. The zero-order chi connectivity index (χ0) is 14.9. The van der Waals surface area contributed by atoms with E-state index in [4.69, 9.17) is 9.47 Å². The number of alkyl halides is 1. The molecule has 2 aromatic carbocycles. The van der Waals surface area contributed by atoms with Gasteiger partial charge in [-0.1, -0.05) is 15.9 Å². The molecule has 2 rings (SSSR count). The van der Waals surface area contributed by atoms with Crippen molar-refractivity contribution in [1.29, 1.82) is 0 Å². The Labute approximate surface area is 132 Å². The van der Waals surface area contributed by atoms with Gasteiger partial charge >= 0.3 is 0 Å². The molecule has 0 aliphatic carbocycles. The summed E-state index contributed by atoms with van der Waals surface area (Å²) in [6.45, 7) is 0.706. The van der Waals surface area contributed by atoms with Crippen LogP contribution in [0.15, 0.2) is 58.8 Å². The first-order chi connectivity index (χ1) is 10.3. The summed E-state index contributed by atoms with van der Waals surface area (Å²) in [5, 5.41) is 9.32. The maximum atomic E-state index is 5.57. The summed E-state index contributed by atoms with van der Waals surface area (Å²) < 4.78 is 10.7. The first-order valence-electron chi connectivity index (χ1n) is 6.66. The van der Waals surface area contributed by atoms with Crippen LogP contribution in [0.4, 0.5) is 11.4 Å². The number of rotatable bonds is 7. The van der Waals surface area contributed by atoms with Crippen molar-refractivity contribution in [2.45, 2.75) is 6.42 Å². The van der Waals surface area contributed by atoms with Crippen LogP contribution in [0.2, 0.25) is 0 Å². The van der Waals surface area contributed by atoms with Gasteiger partial charge in [-0.05, 0) is 55.0 Å². The SMILES string of the molecule is COc1ccc(N=Nc2ccc(OCCCBr)cc2)cc1. The fourth-order valence-corrected chi connectivity index (χ4v) is 1.85. The third kappa shape index (κ3) is 5.19. The van der Waals surface area contributed by atoms with Crippen molar-refractivity contribution in [1.82, 2.24) is 0 Å². The monoisotopic (exact) mass is 348 g/mol. The van der Waals surface area contributed by atoms with Gasteiger partial charge < -0.3 is 9.47 Å². The highest BCUT2D eigenvalue weighted by atomic mass is 79.9. The van der Waals surface area contributed by atoms with Crippen molar-refractivity contribution in [3.63, 3.8) is 0 Å². The summed E-state index contributed by atoms with van der Waals surface area (Å²) in [4.78, 5) is 0. The summed E-state index contributed by atoms with van der Waals surface area (Å²) in [6.07, 6.45) is 0.985. The van der Waals surface area contributed by atoms with E-state index in [1.165, 1.54) is 0 Å². The molecule has 0 N–H and O–H groups in total. The van der Waals surface area contributed by atoms with E-state index < -0.39 is 0 Å². The van der Waals surface area contributed by atoms with Crippen molar-refractivity contribution in [2.75, 3.05) is 19.0 Å². The molecule has 0 bridgehead atoms. The lowest BCUT2D eigenvalue weighted by Gasteiger charge is -2.04. The summed E-state index contributed by atoms with van der Waals surface area (Å²) >= 11 is 3.37. The molecule has 0 spiro atoms. The second-order valence-electron chi connectivity index (χ2n) is 4.28. The van der Waals surface area contributed by atoms with Crippen LogP contribution >= 0.6 is 15.9 Å². The molecule has 0 aliphatic rings. The first kappa shape index (κ1) is 15.5. The molecular weight excluding hydrogens is 332 g/mol. The molecule has 2 aromatic rings. The highest BCUT2D eigenvalue weighted by molar-refractivity contribution is 9.09. The fourth-order valence-electron chi connectivity index (χ4n) is 1.62. The van der Waals surface area contributed by atoms with Gasteiger partial charge in [0.1, 0.15) is 11.5 Å². The largest absolute Gasteiger partial charge is 0.497 e. The predicted octanol–water partition coefficient (Wildman–Crippen LogP) is 5.27. The number of hydrogen-bond acceptors (Lipinski definition) is 4. The van der Waals surface area contributed by atoms with Crippen LogP contribution in [0.3, 0.4) is 0 Å². The van der Waals surface area contributed by atoms with Crippen molar-refractivity contribution >= 4 is 27.3 Å². The van der Waals surface area contributed by atoms with Crippen LogP contribution < -0.4 is 9.47 Å². The lowest BCUT2D eigenvalue weighted by molar-refractivity contribution is 0.319. The molecule has 0 atom stereocenters. The van der Waals surface area contributed by atoms with Gasteiger partial charge in [0, 0.05) is 5.33 Å². The minimum Gasteiger partial charge on any atom is -0.497 e. The van der Waals surface area contributed by atoms with Gasteiger partial charge in [-0.25, -0.2) is 0 Å². The number of ether oxygens (including phenoxy) is 2. The third-order valence-corrected chi connectivity index (χ3v) is 3.30. The highest BCUT2D eigenvalue weighted by Gasteiger charge is 1.95. The number of methoxy groups -OCH3 is 1. The Balaban J connectivity index is 1.93. The lowest BCUT2D eigenvalue weighted by Crippen LogP contribution is -1.96. The van der Waals surface area contributed by atoms with Crippen LogP contribution in [0.25, 0.3) is 0 Å². The zero-order valence-corrected chi connectivity index (χ0v) is 13.4. The molecule has 110 valence electrons. The average molecular weight is 349 g/mol. The molecule has 21 heavy (non-hydrogen) atoms. The highest BCUT2D eigenvalue weighted by Crippen LogP contribution is 2.22. The Bertz CT molecular complexity index is 568. The van der Waals surface area contributed by atoms with Crippen molar-refractivity contribution in [2.24, 2.45) is 10.2 Å². The fraction of sp³-hybridized carbons (Fsp3) is 0.250. The van der Waals surface area contributed by atoms with Gasteiger partial charge in [-0.3, -0.25) is 0 Å². The second kappa shape index (κ2) is 8.42.